The summed E-state index contributed by atoms with van der Waals surface area (Å²) in [5.41, 5.74) is 7.27. The second kappa shape index (κ2) is 5.73. The molecule has 0 amide bonds. The third-order valence-electron chi connectivity index (χ3n) is 3.07. The summed E-state index contributed by atoms with van der Waals surface area (Å²) in [6, 6.07) is 10.9. The molecular formula is C15H16FNO2S. The van der Waals surface area contributed by atoms with Crippen molar-refractivity contribution < 1.29 is 12.8 Å². The molecule has 0 bridgehead atoms. The number of benzene rings is 2. The van der Waals surface area contributed by atoms with E-state index in [1.165, 1.54) is 18.2 Å². The second-order valence-corrected chi connectivity index (χ2v) is 6.69. The van der Waals surface area contributed by atoms with Crippen molar-refractivity contribution in [2.45, 2.75) is 24.1 Å². The predicted octanol–water partition coefficient (Wildman–Crippen LogP) is 2.57. The van der Waals surface area contributed by atoms with Crippen LogP contribution in [0.25, 0.3) is 0 Å². The van der Waals surface area contributed by atoms with Crippen molar-refractivity contribution in [3.63, 3.8) is 0 Å². The molecule has 0 atom stereocenters. The van der Waals surface area contributed by atoms with Crippen LogP contribution < -0.4 is 5.73 Å². The lowest BCUT2D eigenvalue weighted by Gasteiger charge is -2.07. The van der Waals surface area contributed by atoms with Gasteiger partial charge in [-0.25, -0.2) is 12.8 Å². The molecule has 0 aliphatic rings. The van der Waals surface area contributed by atoms with Crippen LogP contribution >= 0.6 is 0 Å². The van der Waals surface area contributed by atoms with Crippen molar-refractivity contribution in [3.05, 3.63) is 65.0 Å². The van der Waals surface area contributed by atoms with Gasteiger partial charge in [0.25, 0.3) is 0 Å². The molecule has 0 radical (unpaired) electrons. The Labute approximate surface area is 118 Å². The van der Waals surface area contributed by atoms with E-state index in [4.69, 9.17) is 5.73 Å². The standard InChI is InChI=1S/C15H16FNO2S/c1-11-2-5-14(6-3-11)20(18,19)10-12-4-7-15(16)13(8-12)9-17/h2-8H,9-10,17H2,1H3. The van der Waals surface area contributed by atoms with Crippen molar-refractivity contribution in [2.75, 3.05) is 0 Å². The molecular weight excluding hydrogens is 277 g/mol. The largest absolute Gasteiger partial charge is 0.326 e. The SMILES string of the molecule is Cc1ccc(S(=O)(=O)Cc2ccc(F)c(CN)c2)cc1. The first-order valence-electron chi connectivity index (χ1n) is 6.19. The van der Waals surface area contributed by atoms with E-state index in [-0.39, 0.29) is 17.2 Å². The molecule has 0 saturated heterocycles. The van der Waals surface area contributed by atoms with E-state index in [1.807, 2.05) is 6.92 Å². The quantitative estimate of drug-likeness (QED) is 0.942. The maximum absolute atomic E-state index is 13.3. The van der Waals surface area contributed by atoms with Gasteiger partial charge < -0.3 is 5.73 Å². The molecule has 0 saturated carbocycles. The van der Waals surface area contributed by atoms with Crippen LogP contribution in [0.15, 0.2) is 47.4 Å². The lowest BCUT2D eigenvalue weighted by Crippen LogP contribution is -2.07. The normalized spacial score (nSPS) is 11.6. The fourth-order valence-corrected chi connectivity index (χ4v) is 3.26. The summed E-state index contributed by atoms with van der Waals surface area (Å²) in [6.07, 6.45) is 0. The highest BCUT2D eigenvalue weighted by Crippen LogP contribution is 2.19. The summed E-state index contributed by atoms with van der Waals surface area (Å²) in [5.74, 6) is -0.576. The number of sulfone groups is 1. The molecule has 0 aliphatic heterocycles. The van der Waals surface area contributed by atoms with Crippen LogP contribution in [0.4, 0.5) is 4.39 Å². The van der Waals surface area contributed by atoms with Crippen molar-refractivity contribution in [1.29, 1.82) is 0 Å². The zero-order valence-corrected chi connectivity index (χ0v) is 12.0. The maximum Gasteiger partial charge on any atom is 0.182 e. The van der Waals surface area contributed by atoms with Crippen LogP contribution in [0.3, 0.4) is 0 Å². The Hall–Kier alpha value is -1.72. The molecule has 0 unspecified atom stereocenters. The predicted molar refractivity (Wildman–Crippen MR) is 76.4 cm³/mol. The van der Waals surface area contributed by atoms with Gasteiger partial charge in [-0.15, -0.1) is 0 Å². The van der Waals surface area contributed by atoms with Crippen LogP contribution in [-0.2, 0) is 22.1 Å². The van der Waals surface area contributed by atoms with Gasteiger partial charge in [0.2, 0.25) is 0 Å². The molecule has 106 valence electrons. The van der Waals surface area contributed by atoms with E-state index in [0.29, 0.717) is 11.1 Å². The van der Waals surface area contributed by atoms with Crippen LogP contribution in [0, 0.1) is 12.7 Å². The molecule has 0 aliphatic carbocycles. The van der Waals surface area contributed by atoms with Gasteiger partial charge in [-0.05, 0) is 30.7 Å². The Morgan fingerprint density at radius 1 is 1.10 bits per heavy atom. The first-order valence-corrected chi connectivity index (χ1v) is 7.84. The summed E-state index contributed by atoms with van der Waals surface area (Å²) in [5, 5.41) is 0. The van der Waals surface area contributed by atoms with Crippen LogP contribution in [0.5, 0.6) is 0 Å². The topological polar surface area (TPSA) is 60.2 Å². The zero-order chi connectivity index (χ0) is 14.8. The van der Waals surface area contributed by atoms with E-state index in [0.717, 1.165) is 5.56 Å². The van der Waals surface area contributed by atoms with Gasteiger partial charge >= 0.3 is 0 Å². The highest BCUT2D eigenvalue weighted by molar-refractivity contribution is 7.90. The Bertz CT molecular complexity index is 709. The molecule has 3 nitrogen and oxygen atoms in total. The molecule has 0 aromatic heterocycles. The van der Waals surface area contributed by atoms with Crippen molar-refractivity contribution in [3.8, 4) is 0 Å². The minimum Gasteiger partial charge on any atom is -0.326 e. The van der Waals surface area contributed by atoms with Crippen molar-refractivity contribution in [2.24, 2.45) is 5.73 Å². The summed E-state index contributed by atoms with van der Waals surface area (Å²) < 4.78 is 37.9. The van der Waals surface area contributed by atoms with Gasteiger partial charge in [-0.3, -0.25) is 0 Å². The molecule has 0 spiro atoms. The molecule has 2 aromatic rings. The molecule has 2 aromatic carbocycles. The first kappa shape index (κ1) is 14.7. The average Bonchev–Trinajstić information content (AvgIpc) is 2.41. The summed E-state index contributed by atoms with van der Waals surface area (Å²) in [7, 11) is -3.43. The third kappa shape index (κ3) is 3.23. The summed E-state index contributed by atoms with van der Waals surface area (Å²) in [4.78, 5) is 0.265. The number of aryl methyl sites for hydroxylation is 1. The maximum atomic E-state index is 13.3. The molecule has 20 heavy (non-hydrogen) atoms. The lowest BCUT2D eigenvalue weighted by atomic mass is 10.1. The fourth-order valence-electron chi connectivity index (χ4n) is 1.92. The highest BCUT2D eigenvalue weighted by atomic mass is 32.2. The number of hydrogen-bond acceptors (Lipinski definition) is 3. The first-order chi connectivity index (χ1) is 9.42. The van der Waals surface area contributed by atoms with Gasteiger partial charge in [-0.2, -0.15) is 0 Å². The van der Waals surface area contributed by atoms with Gasteiger partial charge in [-0.1, -0.05) is 29.8 Å². The van der Waals surface area contributed by atoms with Gasteiger partial charge in [0, 0.05) is 12.1 Å². The van der Waals surface area contributed by atoms with E-state index < -0.39 is 15.7 Å². The number of rotatable bonds is 4. The minimum atomic E-state index is -3.43. The Morgan fingerprint density at radius 3 is 2.35 bits per heavy atom. The Balaban J connectivity index is 2.30. The van der Waals surface area contributed by atoms with E-state index in [1.54, 1.807) is 24.3 Å². The second-order valence-electron chi connectivity index (χ2n) is 4.70. The van der Waals surface area contributed by atoms with E-state index in [2.05, 4.69) is 0 Å². The molecule has 0 fully saturated rings. The Morgan fingerprint density at radius 2 is 1.75 bits per heavy atom. The van der Waals surface area contributed by atoms with Gasteiger partial charge in [0.05, 0.1) is 10.6 Å². The third-order valence-corrected chi connectivity index (χ3v) is 4.77. The van der Waals surface area contributed by atoms with E-state index in [9.17, 15) is 12.8 Å². The molecule has 2 rings (SSSR count). The summed E-state index contributed by atoms with van der Waals surface area (Å²) in [6.45, 7) is 1.94. The number of hydrogen-bond donors (Lipinski definition) is 1. The highest BCUT2D eigenvalue weighted by Gasteiger charge is 2.16. The minimum absolute atomic E-state index is 0.0459. The van der Waals surface area contributed by atoms with Crippen LogP contribution in [-0.4, -0.2) is 8.42 Å². The molecule has 5 heteroatoms. The fraction of sp³-hybridized carbons (Fsp3) is 0.200. The van der Waals surface area contributed by atoms with E-state index >= 15 is 0 Å². The number of halogens is 1. The monoisotopic (exact) mass is 293 g/mol. The number of nitrogens with two attached hydrogens (primary N) is 1. The van der Waals surface area contributed by atoms with Crippen LogP contribution in [0.2, 0.25) is 0 Å². The smallest absolute Gasteiger partial charge is 0.182 e. The lowest BCUT2D eigenvalue weighted by molar-refractivity contribution is 0.594. The van der Waals surface area contributed by atoms with Gasteiger partial charge in [0.1, 0.15) is 5.82 Å². The summed E-state index contributed by atoms with van der Waals surface area (Å²) >= 11 is 0. The Kier molecular flexibility index (Phi) is 4.20. The molecule has 2 N–H and O–H groups in total. The van der Waals surface area contributed by atoms with Crippen molar-refractivity contribution >= 4 is 9.84 Å². The molecule has 0 heterocycles. The zero-order valence-electron chi connectivity index (χ0n) is 11.1. The average molecular weight is 293 g/mol. The van der Waals surface area contributed by atoms with Crippen molar-refractivity contribution in [1.82, 2.24) is 0 Å². The van der Waals surface area contributed by atoms with Crippen LogP contribution in [0.1, 0.15) is 16.7 Å². The van der Waals surface area contributed by atoms with Gasteiger partial charge in [0.15, 0.2) is 9.84 Å².